The fourth-order valence-electron chi connectivity index (χ4n) is 2.39. The quantitative estimate of drug-likeness (QED) is 0.834. The number of rotatable bonds is 7. The first-order valence-corrected chi connectivity index (χ1v) is 8.11. The van der Waals surface area contributed by atoms with Gasteiger partial charge in [0.15, 0.2) is 0 Å². The number of amides is 2. The summed E-state index contributed by atoms with van der Waals surface area (Å²) in [6.45, 7) is 2.58. The molecular weight excluding hydrogens is 306 g/mol. The Bertz CT molecular complexity index is 782. The van der Waals surface area contributed by atoms with E-state index in [2.05, 4.69) is 12.2 Å². The van der Waals surface area contributed by atoms with Crippen molar-refractivity contribution in [2.45, 2.75) is 26.3 Å². The SMILES string of the molecule is CCCCN(C)C(=O)CNC(=O)Cn1ccc2ccccc2c1=O. The monoisotopic (exact) mass is 329 g/mol. The second-order valence-corrected chi connectivity index (χ2v) is 5.78. The van der Waals surface area contributed by atoms with E-state index in [0.29, 0.717) is 11.9 Å². The normalized spacial score (nSPS) is 10.6. The average molecular weight is 329 g/mol. The average Bonchev–Trinajstić information content (AvgIpc) is 2.60. The number of nitrogens with zero attached hydrogens (tertiary/aromatic N) is 2. The molecule has 6 nitrogen and oxygen atoms in total. The molecule has 2 rings (SSSR count). The fourth-order valence-corrected chi connectivity index (χ4v) is 2.39. The summed E-state index contributed by atoms with van der Waals surface area (Å²) in [5.74, 6) is -0.493. The lowest BCUT2D eigenvalue weighted by molar-refractivity contribution is -0.132. The summed E-state index contributed by atoms with van der Waals surface area (Å²) in [4.78, 5) is 37.8. The number of hydrogen-bond acceptors (Lipinski definition) is 3. The van der Waals surface area contributed by atoms with E-state index in [1.165, 1.54) is 4.57 Å². The fraction of sp³-hybridized carbons (Fsp3) is 0.389. The van der Waals surface area contributed by atoms with E-state index in [1.54, 1.807) is 36.3 Å². The van der Waals surface area contributed by atoms with E-state index in [-0.39, 0.29) is 30.5 Å². The molecule has 0 aliphatic carbocycles. The molecule has 1 heterocycles. The van der Waals surface area contributed by atoms with E-state index in [4.69, 9.17) is 0 Å². The van der Waals surface area contributed by atoms with Crippen LogP contribution in [-0.4, -0.2) is 41.4 Å². The van der Waals surface area contributed by atoms with Crippen molar-refractivity contribution in [3.05, 3.63) is 46.9 Å². The summed E-state index contributed by atoms with van der Waals surface area (Å²) in [5, 5.41) is 3.99. The van der Waals surface area contributed by atoms with Crippen LogP contribution in [0.1, 0.15) is 19.8 Å². The molecule has 0 aliphatic rings. The van der Waals surface area contributed by atoms with E-state index < -0.39 is 0 Å². The minimum absolute atomic E-state index is 0.0542. The number of benzene rings is 1. The van der Waals surface area contributed by atoms with Gasteiger partial charge in [-0.2, -0.15) is 0 Å². The maximum atomic E-state index is 12.3. The van der Waals surface area contributed by atoms with Gasteiger partial charge in [0, 0.05) is 25.2 Å². The van der Waals surface area contributed by atoms with Crippen LogP contribution in [0.5, 0.6) is 0 Å². The Labute approximate surface area is 141 Å². The van der Waals surface area contributed by atoms with Gasteiger partial charge in [0.05, 0.1) is 6.54 Å². The number of fused-ring (bicyclic) bond motifs is 1. The number of carbonyl (C=O) groups is 2. The highest BCUT2D eigenvalue weighted by Gasteiger charge is 2.11. The van der Waals surface area contributed by atoms with Gasteiger partial charge in [-0.15, -0.1) is 0 Å². The molecule has 1 aromatic heterocycles. The van der Waals surface area contributed by atoms with Gasteiger partial charge in [-0.1, -0.05) is 31.5 Å². The molecule has 1 N–H and O–H groups in total. The third kappa shape index (κ3) is 4.44. The molecule has 0 spiro atoms. The van der Waals surface area contributed by atoms with Gasteiger partial charge in [0.25, 0.3) is 5.56 Å². The zero-order chi connectivity index (χ0) is 17.5. The van der Waals surface area contributed by atoms with E-state index in [0.717, 1.165) is 18.2 Å². The van der Waals surface area contributed by atoms with Crippen LogP contribution >= 0.6 is 0 Å². The highest BCUT2D eigenvalue weighted by Crippen LogP contribution is 2.07. The van der Waals surface area contributed by atoms with Gasteiger partial charge in [-0.25, -0.2) is 0 Å². The van der Waals surface area contributed by atoms with Crippen LogP contribution in [-0.2, 0) is 16.1 Å². The lowest BCUT2D eigenvalue weighted by atomic mass is 10.2. The Morgan fingerprint density at radius 3 is 2.71 bits per heavy atom. The van der Waals surface area contributed by atoms with Gasteiger partial charge in [0.1, 0.15) is 6.54 Å². The third-order valence-corrected chi connectivity index (χ3v) is 3.91. The first-order valence-electron chi connectivity index (χ1n) is 8.11. The lowest BCUT2D eigenvalue weighted by Crippen LogP contribution is -2.40. The number of aromatic nitrogens is 1. The Hall–Kier alpha value is -2.63. The zero-order valence-corrected chi connectivity index (χ0v) is 14.1. The maximum absolute atomic E-state index is 12.3. The molecule has 0 fully saturated rings. The standard InChI is InChI=1S/C18H23N3O3/c1-3-4-10-20(2)17(23)12-19-16(22)13-21-11-9-14-7-5-6-8-15(14)18(21)24/h5-9,11H,3-4,10,12-13H2,1-2H3,(H,19,22). The van der Waals surface area contributed by atoms with E-state index in [9.17, 15) is 14.4 Å². The number of nitrogens with one attached hydrogen (secondary N) is 1. The second kappa shape index (κ2) is 8.29. The largest absolute Gasteiger partial charge is 0.345 e. The molecule has 0 aliphatic heterocycles. The molecule has 24 heavy (non-hydrogen) atoms. The second-order valence-electron chi connectivity index (χ2n) is 5.78. The van der Waals surface area contributed by atoms with Crippen LogP contribution in [0.15, 0.2) is 41.3 Å². The molecule has 2 aromatic rings. The van der Waals surface area contributed by atoms with E-state index in [1.807, 2.05) is 12.1 Å². The van der Waals surface area contributed by atoms with Gasteiger partial charge in [0.2, 0.25) is 11.8 Å². The highest BCUT2D eigenvalue weighted by molar-refractivity contribution is 5.85. The Kier molecular flexibility index (Phi) is 6.12. The summed E-state index contributed by atoms with van der Waals surface area (Å²) < 4.78 is 1.35. The summed E-state index contributed by atoms with van der Waals surface area (Å²) in [6.07, 6.45) is 3.54. The third-order valence-electron chi connectivity index (χ3n) is 3.91. The molecule has 0 unspecified atom stereocenters. The van der Waals surface area contributed by atoms with Crippen LogP contribution < -0.4 is 10.9 Å². The van der Waals surface area contributed by atoms with Crippen molar-refractivity contribution >= 4 is 22.6 Å². The predicted molar refractivity (Wildman–Crippen MR) is 93.8 cm³/mol. The first kappa shape index (κ1) is 17.7. The maximum Gasteiger partial charge on any atom is 0.258 e. The van der Waals surface area contributed by atoms with Crippen molar-refractivity contribution < 1.29 is 9.59 Å². The number of pyridine rings is 1. The van der Waals surface area contributed by atoms with Crippen molar-refractivity contribution in [1.29, 1.82) is 0 Å². The van der Waals surface area contributed by atoms with Gasteiger partial charge in [-0.05, 0) is 23.9 Å². The highest BCUT2D eigenvalue weighted by atomic mass is 16.2. The lowest BCUT2D eigenvalue weighted by Gasteiger charge is -2.17. The summed E-state index contributed by atoms with van der Waals surface area (Å²) >= 11 is 0. The van der Waals surface area contributed by atoms with Crippen molar-refractivity contribution in [2.75, 3.05) is 20.1 Å². The minimum Gasteiger partial charge on any atom is -0.345 e. The summed E-state index contributed by atoms with van der Waals surface area (Å²) in [6, 6.07) is 9.04. The van der Waals surface area contributed by atoms with Crippen LogP contribution in [0, 0.1) is 0 Å². The van der Waals surface area contributed by atoms with Crippen molar-refractivity contribution in [3.8, 4) is 0 Å². The molecule has 0 bridgehead atoms. The van der Waals surface area contributed by atoms with Crippen LogP contribution in [0.2, 0.25) is 0 Å². The molecule has 128 valence electrons. The van der Waals surface area contributed by atoms with E-state index >= 15 is 0 Å². The summed E-state index contributed by atoms with van der Waals surface area (Å²) in [7, 11) is 1.72. The molecule has 0 saturated carbocycles. The molecule has 6 heteroatoms. The van der Waals surface area contributed by atoms with Crippen LogP contribution in [0.25, 0.3) is 10.8 Å². The van der Waals surface area contributed by atoms with Gasteiger partial charge >= 0.3 is 0 Å². The Morgan fingerprint density at radius 2 is 1.96 bits per heavy atom. The first-order chi connectivity index (χ1) is 11.5. The number of unbranched alkanes of at least 4 members (excludes halogenated alkanes) is 1. The molecule has 1 aromatic carbocycles. The zero-order valence-electron chi connectivity index (χ0n) is 14.1. The molecular formula is C18H23N3O3. The molecule has 0 radical (unpaired) electrons. The summed E-state index contributed by atoms with van der Waals surface area (Å²) in [5.41, 5.74) is -0.213. The predicted octanol–water partition coefficient (Wildman–Crippen LogP) is 1.38. The Balaban J connectivity index is 1.94. The minimum atomic E-state index is -0.357. The molecule has 0 atom stereocenters. The topological polar surface area (TPSA) is 71.4 Å². The smallest absolute Gasteiger partial charge is 0.258 e. The number of hydrogen-bond donors (Lipinski definition) is 1. The number of carbonyl (C=O) groups excluding carboxylic acids is 2. The van der Waals surface area contributed by atoms with Crippen molar-refractivity contribution in [1.82, 2.24) is 14.8 Å². The molecule has 0 saturated heterocycles. The van der Waals surface area contributed by atoms with Gasteiger partial charge < -0.3 is 14.8 Å². The van der Waals surface area contributed by atoms with Crippen LogP contribution in [0.4, 0.5) is 0 Å². The number of likely N-dealkylation sites (N-methyl/N-ethyl adjacent to an activating group) is 1. The molecule has 2 amide bonds. The van der Waals surface area contributed by atoms with Crippen LogP contribution in [0.3, 0.4) is 0 Å². The van der Waals surface area contributed by atoms with Crippen molar-refractivity contribution in [3.63, 3.8) is 0 Å². The van der Waals surface area contributed by atoms with Gasteiger partial charge in [-0.3, -0.25) is 14.4 Å². The Morgan fingerprint density at radius 1 is 1.21 bits per heavy atom. The van der Waals surface area contributed by atoms with Crippen molar-refractivity contribution in [2.24, 2.45) is 0 Å².